The number of rotatable bonds is 6. The summed E-state index contributed by atoms with van der Waals surface area (Å²) in [7, 11) is -3.48. The summed E-state index contributed by atoms with van der Waals surface area (Å²) in [5, 5.41) is 13.2. The summed E-state index contributed by atoms with van der Waals surface area (Å²) in [6.45, 7) is 5.24. The maximum atomic E-state index is 12.0. The van der Waals surface area contributed by atoms with Crippen molar-refractivity contribution in [2.75, 3.05) is 13.1 Å². The summed E-state index contributed by atoms with van der Waals surface area (Å²) < 4.78 is 29.9. The highest BCUT2D eigenvalue weighted by molar-refractivity contribution is 7.88. The lowest BCUT2D eigenvalue weighted by atomic mass is 10.1. The number of aliphatic hydroxyl groups is 1. The van der Waals surface area contributed by atoms with E-state index in [0.29, 0.717) is 12.2 Å². The van der Waals surface area contributed by atoms with Gasteiger partial charge in [0.25, 0.3) is 0 Å². The van der Waals surface area contributed by atoms with Crippen LogP contribution in [0.4, 0.5) is 0 Å². The fraction of sp³-hybridized carbons (Fsp3) is 0.700. The number of sulfonamides is 1. The third kappa shape index (κ3) is 4.45. The lowest BCUT2D eigenvalue weighted by Crippen LogP contribution is -2.42. The maximum Gasteiger partial charge on any atom is 0.220 e. The van der Waals surface area contributed by atoms with Crippen LogP contribution in [0, 0.1) is 0 Å². The number of nitrogens with zero attached hydrogens (tertiary/aromatic N) is 2. The predicted octanol–water partition coefficient (Wildman–Crippen LogP) is 0.597. The van der Waals surface area contributed by atoms with Gasteiger partial charge in [0, 0.05) is 19.2 Å². The third-order valence-corrected chi connectivity index (χ3v) is 3.97. The van der Waals surface area contributed by atoms with Crippen molar-refractivity contribution in [2.24, 2.45) is 0 Å². The van der Waals surface area contributed by atoms with E-state index < -0.39 is 15.6 Å². The van der Waals surface area contributed by atoms with E-state index in [1.807, 2.05) is 0 Å². The summed E-state index contributed by atoms with van der Waals surface area (Å²) in [4.78, 5) is 0. The number of hydrogen-bond acceptors (Lipinski definition) is 5. The van der Waals surface area contributed by atoms with Gasteiger partial charge in [-0.3, -0.25) is 0 Å². The molecule has 0 aliphatic carbocycles. The number of likely N-dealkylation sites (N-methyl/N-ethyl adjacent to an activating group) is 1. The number of hydrogen-bond donors (Lipinski definition) is 1. The third-order valence-electron chi connectivity index (χ3n) is 2.13. The Kier molecular flexibility index (Phi) is 4.29. The molecule has 6 nitrogen and oxygen atoms in total. The molecule has 0 radical (unpaired) electrons. The van der Waals surface area contributed by atoms with Gasteiger partial charge in [0.05, 0.1) is 11.3 Å². The highest BCUT2D eigenvalue weighted by Gasteiger charge is 2.27. The minimum atomic E-state index is -3.48. The van der Waals surface area contributed by atoms with Crippen LogP contribution in [-0.2, 0) is 15.8 Å². The molecule has 0 bridgehead atoms. The van der Waals surface area contributed by atoms with Crippen LogP contribution in [0.3, 0.4) is 0 Å². The smallest absolute Gasteiger partial charge is 0.220 e. The molecule has 0 saturated carbocycles. The molecule has 1 aromatic rings. The van der Waals surface area contributed by atoms with Gasteiger partial charge in [0.15, 0.2) is 0 Å². The summed E-state index contributed by atoms with van der Waals surface area (Å²) in [5.41, 5.74) is -0.702. The van der Waals surface area contributed by atoms with Crippen LogP contribution in [0.15, 0.2) is 16.9 Å². The topological polar surface area (TPSA) is 83.6 Å². The van der Waals surface area contributed by atoms with E-state index in [-0.39, 0.29) is 12.3 Å². The maximum absolute atomic E-state index is 12.0. The van der Waals surface area contributed by atoms with Gasteiger partial charge >= 0.3 is 0 Å². The van der Waals surface area contributed by atoms with Crippen molar-refractivity contribution in [1.29, 1.82) is 0 Å². The molecule has 0 unspecified atom stereocenters. The second-order valence-electron chi connectivity index (χ2n) is 4.49. The SMILES string of the molecule is CCN(CC(C)(C)O)S(=O)(=O)Cc1ccon1. The van der Waals surface area contributed by atoms with E-state index in [4.69, 9.17) is 0 Å². The van der Waals surface area contributed by atoms with Crippen molar-refractivity contribution in [3.63, 3.8) is 0 Å². The summed E-state index contributed by atoms with van der Waals surface area (Å²) in [5.74, 6) is -0.215. The largest absolute Gasteiger partial charge is 0.389 e. The Hall–Kier alpha value is -0.920. The first-order valence-corrected chi connectivity index (χ1v) is 6.95. The first kappa shape index (κ1) is 14.1. The molecule has 0 saturated heterocycles. The molecule has 0 aromatic carbocycles. The number of aromatic nitrogens is 1. The van der Waals surface area contributed by atoms with Gasteiger partial charge in [-0.25, -0.2) is 8.42 Å². The van der Waals surface area contributed by atoms with Gasteiger partial charge in [-0.05, 0) is 13.8 Å². The molecule has 0 spiro atoms. The van der Waals surface area contributed by atoms with Crippen LogP contribution in [0.1, 0.15) is 26.5 Å². The first-order chi connectivity index (χ1) is 7.74. The fourth-order valence-electron chi connectivity index (χ4n) is 1.43. The van der Waals surface area contributed by atoms with Crippen LogP contribution >= 0.6 is 0 Å². The molecule has 1 heterocycles. The zero-order valence-corrected chi connectivity index (χ0v) is 11.1. The van der Waals surface area contributed by atoms with Crippen LogP contribution < -0.4 is 0 Å². The van der Waals surface area contributed by atoms with Crippen LogP contribution in [0.25, 0.3) is 0 Å². The van der Waals surface area contributed by atoms with Crippen LogP contribution in [-0.4, -0.2) is 41.7 Å². The monoisotopic (exact) mass is 262 g/mol. The molecule has 0 fully saturated rings. The molecule has 0 amide bonds. The average Bonchev–Trinajstić information content (AvgIpc) is 2.64. The molecular weight excluding hydrogens is 244 g/mol. The summed E-state index contributed by atoms with van der Waals surface area (Å²) in [6.07, 6.45) is 1.33. The van der Waals surface area contributed by atoms with Crippen molar-refractivity contribution < 1.29 is 18.0 Å². The van der Waals surface area contributed by atoms with E-state index in [1.165, 1.54) is 16.6 Å². The van der Waals surface area contributed by atoms with Gasteiger partial charge < -0.3 is 9.63 Å². The highest BCUT2D eigenvalue weighted by Crippen LogP contribution is 2.13. The summed E-state index contributed by atoms with van der Waals surface area (Å²) in [6, 6.07) is 1.51. The molecule has 1 aromatic heterocycles. The molecule has 17 heavy (non-hydrogen) atoms. The van der Waals surface area contributed by atoms with E-state index in [9.17, 15) is 13.5 Å². The van der Waals surface area contributed by atoms with Crippen LogP contribution in [0.5, 0.6) is 0 Å². The molecule has 7 heteroatoms. The van der Waals surface area contributed by atoms with E-state index in [2.05, 4.69) is 9.68 Å². The van der Waals surface area contributed by atoms with Crippen molar-refractivity contribution in [3.8, 4) is 0 Å². The molecule has 0 aliphatic heterocycles. The van der Waals surface area contributed by atoms with Crippen molar-refractivity contribution >= 4 is 10.0 Å². The Morgan fingerprint density at radius 3 is 2.59 bits per heavy atom. The second kappa shape index (κ2) is 5.16. The molecule has 0 aliphatic rings. The minimum Gasteiger partial charge on any atom is -0.389 e. The van der Waals surface area contributed by atoms with E-state index in [0.717, 1.165) is 0 Å². The van der Waals surface area contributed by atoms with Gasteiger partial charge in [0.1, 0.15) is 12.0 Å². The molecule has 1 N–H and O–H groups in total. The lowest BCUT2D eigenvalue weighted by Gasteiger charge is -2.27. The summed E-state index contributed by atoms with van der Waals surface area (Å²) >= 11 is 0. The Labute approximate surface area is 101 Å². The first-order valence-electron chi connectivity index (χ1n) is 5.34. The van der Waals surface area contributed by atoms with Crippen molar-refractivity contribution in [2.45, 2.75) is 32.1 Å². The highest BCUT2D eigenvalue weighted by atomic mass is 32.2. The molecule has 1 rings (SSSR count). The van der Waals surface area contributed by atoms with E-state index in [1.54, 1.807) is 20.8 Å². The average molecular weight is 262 g/mol. The van der Waals surface area contributed by atoms with Gasteiger partial charge in [-0.15, -0.1) is 0 Å². The van der Waals surface area contributed by atoms with Crippen molar-refractivity contribution in [1.82, 2.24) is 9.46 Å². The lowest BCUT2D eigenvalue weighted by molar-refractivity contribution is 0.0601. The van der Waals surface area contributed by atoms with Gasteiger partial charge in [-0.2, -0.15) is 4.31 Å². The standard InChI is InChI=1S/C10H18N2O4S/c1-4-12(8-10(2,3)13)17(14,15)7-9-5-6-16-11-9/h5-6,13H,4,7-8H2,1-3H3. The zero-order valence-electron chi connectivity index (χ0n) is 10.3. The predicted molar refractivity (Wildman–Crippen MR) is 62.7 cm³/mol. The van der Waals surface area contributed by atoms with Crippen molar-refractivity contribution in [3.05, 3.63) is 18.0 Å². The molecular formula is C10H18N2O4S. The quantitative estimate of drug-likeness (QED) is 0.811. The van der Waals surface area contributed by atoms with Gasteiger partial charge in [-0.1, -0.05) is 12.1 Å². The Morgan fingerprint density at radius 2 is 2.18 bits per heavy atom. The van der Waals surface area contributed by atoms with Gasteiger partial charge in [0.2, 0.25) is 10.0 Å². The second-order valence-corrected chi connectivity index (χ2v) is 6.45. The van der Waals surface area contributed by atoms with Crippen LogP contribution in [0.2, 0.25) is 0 Å². The normalized spacial score (nSPS) is 13.2. The molecule has 98 valence electrons. The Morgan fingerprint density at radius 1 is 1.53 bits per heavy atom. The zero-order chi connectivity index (χ0) is 13.1. The Balaban J connectivity index is 2.80. The van der Waals surface area contributed by atoms with E-state index >= 15 is 0 Å². The minimum absolute atomic E-state index is 0.0592. The molecule has 0 atom stereocenters. The fourth-order valence-corrected chi connectivity index (χ4v) is 3.04. The Bertz CT molecular complexity index is 433.